The molecular weight excluding hydrogens is 286 g/mol. The van der Waals surface area contributed by atoms with Crippen molar-refractivity contribution in [3.05, 3.63) is 60.2 Å². The third kappa shape index (κ3) is 3.43. The number of hydrogen-bond acceptors (Lipinski definition) is 4. The maximum absolute atomic E-state index is 12.7. The Balaban J connectivity index is 2.35. The van der Waals surface area contributed by atoms with E-state index in [2.05, 4.69) is 0 Å². The molecule has 2 rings (SSSR count). The van der Waals surface area contributed by atoms with E-state index < -0.39 is 15.1 Å². The molecule has 0 saturated heterocycles. The van der Waals surface area contributed by atoms with E-state index in [-0.39, 0.29) is 11.4 Å². The minimum atomic E-state index is -3.52. The highest BCUT2D eigenvalue weighted by Gasteiger charge is 2.27. The van der Waals surface area contributed by atoms with Crippen LogP contribution >= 0.6 is 0 Å². The van der Waals surface area contributed by atoms with Gasteiger partial charge in [0.05, 0.1) is 11.5 Å². The van der Waals surface area contributed by atoms with Gasteiger partial charge < -0.3 is 10.5 Å². The van der Waals surface area contributed by atoms with Crippen molar-refractivity contribution in [1.29, 1.82) is 0 Å². The van der Waals surface area contributed by atoms with Crippen LogP contribution in [0.15, 0.2) is 59.5 Å². The lowest BCUT2D eigenvalue weighted by molar-refractivity contribution is 0.340. The van der Waals surface area contributed by atoms with Crippen molar-refractivity contribution in [3.63, 3.8) is 0 Å². The van der Waals surface area contributed by atoms with Gasteiger partial charge in [0.2, 0.25) is 0 Å². The zero-order chi connectivity index (χ0) is 15.3. The lowest BCUT2D eigenvalue weighted by Crippen LogP contribution is -2.22. The fraction of sp³-hybridized carbons (Fsp3) is 0.250. The van der Waals surface area contributed by atoms with Crippen molar-refractivity contribution in [1.82, 2.24) is 0 Å². The highest BCUT2D eigenvalue weighted by atomic mass is 32.2. The normalized spacial score (nSPS) is 12.9. The maximum Gasteiger partial charge on any atom is 0.186 e. The van der Waals surface area contributed by atoms with Crippen LogP contribution in [0.5, 0.6) is 5.75 Å². The number of nitrogens with two attached hydrogens (primary N) is 1. The minimum absolute atomic E-state index is 0.0412. The van der Waals surface area contributed by atoms with Gasteiger partial charge in [-0.15, -0.1) is 0 Å². The molecule has 0 aliphatic rings. The van der Waals surface area contributed by atoms with Crippen LogP contribution < -0.4 is 10.5 Å². The molecule has 1 unspecified atom stereocenters. The van der Waals surface area contributed by atoms with Gasteiger partial charge in [0, 0.05) is 6.54 Å². The number of ether oxygens (including phenoxy) is 1. The van der Waals surface area contributed by atoms with Crippen molar-refractivity contribution < 1.29 is 13.2 Å². The summed E-state index contributed by atoms with van der Waals surface area (Å²) in [5.41, 5.74) is 6.40. The monoisotopic (exact) mass is 305 g/mol. The first kappa shape index (κ1) is 15.5. The number of rotatable bonds is 6. The Hall–Kier alpha value is -1.85. The molecule has 0 aliphatic heterocycles. The fourth-order valence-corrected chi connectivity index (χ4v) is 3.78. The Morgan fingerprint density at radius 2 is 1.67 bits per heavy atom. The lowest BCUT2D eigenvalue weighted by atomic mass is 10.1. The third-order valence-corrected chi connectivity index (χ3v) is 5.37. The van der Waals surface area contributed by atoms with E-state index in [1.165, 1.54) is 0 Å². The number of sulfone groups is 1. The molecule has 0 saturated carbocycles. The molecule has 112 valence electrons. The molecular formula is C16H19NO3S. The molecule has 0 amide bonds. The first-order chi connectivity index (χ1) is 10.1. The predicted molar refractivity (Wildman–Crippen MR) is 83.0 cm³/mol. The summed E-state index contributed by atoms with van der Waals surface area (Å²) in [6, 6.07) is 15.5. The Morgan fingerprint density at radius 3 is 2.19 bits per heavy atom. The Morgan fingerprint density at radius 1 is 1.05 bits per heavy atom. The molecule has 0 fully saturated rings. The third-order valence-electron chi connectivity index (χ3n) is 3.22. The average Bonchev–Trinajstić information content (AvgIpc) is 2.50. The second-order valence-corrected chi connectivity index (χ2v) is 6.71. The summed E-state index contributed by atoms with van der Waals surface area (Å²) < 4.78 is 30.7. The van der Waals surface area contributed by atoms with Gasteiger partial charge in [-0.3, -0.25) is 0 Å². The maximum atomic E-state index is 12.7. The van der Waals surface area contributed by atoms with Crippen molar-refractivity contribution in [2.75, 3.05) is 13.2 Å². The number of benzene rings is 2. The van der Waals surface area contributed by atoms with Crippen LogP contribution in [0.2, 0.25) is 0 Å². The summed E-state index contributed by atoms with van der Waals surface area (Å²) in [6.45, 7) is 2.46. The first-order valence-corrected chi connectivity index (χ1v) is 8.36. The standard InChI is InChI=1S/C16H19NO3S/c1-2-20-14-8-10-15(11-9-14)21(18,19)16(12-17)13-6-4-3-5-7-13/h3-11,16H,2,12,17H2,1H3. The second-order valence-electron chi connectivity index (χ2n) is 4.58. The van der Waals surface area contributed by atoms with E-state index in [0.717, 1.165) is 0 Å². The van der Waals surface area contributed by atoms with Gasteiger partial charge in [0.15, 0.2) is 9.84 Å². The SMILES string of the molecule is CCOc1ccc(S(=O)(=O)C(CN)c2ccccc2)cc1. The summed E-state index contributed by atoms with van der Waals surface area (Å²) in [6.07, 6.45) is 0. The highest BCUT2D eigenvalue weighted by Crippen LogP contribution is 2.29. The van der Waals surface area contributed by atoms with Gasteiger partial charge in [-0.1, -0.05) is 30.3 Å². The van der Waals surface area contributed by atoms with Crippen LogP contribution in [-0.2, 0) is 9.84 Å². The van der Waals surface area contributed by atoms with E-state index in [9.17, 15) is 8.42 Å². The summed E-state index contributed by atoms with van der Waals surface area (Å²) >= 11 is 0. The van der Waals surface area contributed by atoms with E-state index in [4.69, 9.17) is 10.5 Å². The molecule has 5 heteroatoms. The lowest BCUT2D eigenvalue weighted by Gasteiger charge is -2.16. The molecule has 0 heterocycles. The zero-order valence-electron chi connectivity index (χ0n) is 11.9. The Labute approximate surface area is 125 Å². The van der Waals surface area contributed by atoms with E-state index in [1.807, 2.05) is 25.1 Å². The molecule has 21 heavy (non-hydrogen) atoms. The van der Waals surface area contributed by atoms with E-state index >= 15 is 0 Å². The Kier molecular flexibility index (Phi) is 4.98. The van der Waals surface area contributed by atoms with Gasteiger partial charge in [-0.2, -0.15) is 0 Å². The molecule has 0 aromatic heterocycles. The first-order valence-electron chi connectivity index (χ1n) is 6.81. The van der Waals surface area contributed by atoms with Crippen LogP contribution in [0.1, 0.15) is 17.7 Å². The summed E-state index contributed by atoms with van der Waals surface area (Å²) in [4.78, 5) is 0.255. The van der Waals surface area contributed by atoms with Gasteiger partial charge in [-0.05, 0) is 36.8 Å². The largest absolute Gasteiger partial charge is 0.494 e. The zero-order valence-corrected chi connectivity index (χ0v) is 12.7. The van der Waals surface area contributed by atoms with Gasteiger partial charge in [-0.25, -0.2) is 8.42 Å². The fourth-order valence-electron chi connectivity index (χ4n) is 2.17. The quantitative estimate of drug-likeness (QED) is 0.890. The van der Waals surface area contributed by atoms with Gasteiger partial charge in [0.25, 0.3) is 0 Å². The molecule has 0 aliphatic carbocycles. The van der Waals surface area contributed by atoms with E-state index in [1.54, 1.807) is 36.4 Å². The average molecular weight is 305 g/mol. The summed E-state index contributed by atoms with van der Waals surface area (Å²) in [5, 5.41) is -0.739. The highest BCUT2D eigenvalue weighted by molar-refractivity contribution is 7.91. The van der Waals surface area contributed by atoms with Gasteiger partial charge >= 0.3 is 0 Å². The predicted octanol–water partition coefficient (Wildman–Crippen LogP) is 2.56. The molecule has 2 N–H and O–H groups in total. The van der Waals surface area contributed by atoms with Crippen molar-refractivity contribution in [2.24, 2.45) is 5.73 Å². The second kappa shape index (κ2) is 6.74. The van der Waals surface area contributed by atoms with Crippen LogP contribution in [0.3, 0.4) is 0 Å². The number of hydrogen-bond donors (Lipinski definition) is 1. The molecule has 2 aromatic rings. The van der Waals surface area contributed by atoms with Crippen molar-refractivity contribution in [2.45, 2.75) is 17.1 Å². The van der Waals surface area contributed by atoms with E-state index in [0.29, 0.717) is 17.9 Å². The Bertz CT molecular complexity index is 666. The van der Waals surface area contributed by atoms with Crippen LogP contribution in [0.4, 0.5) is 0 Å². The van der Waals surface area contributed by atoms with Crippen LogP contribution in [0, 0.1) is 0 Å². The molecule has 0 spiro atoms. The summed E-state index contributed by atoms with van der Waals surface area (Å²) in [5.74, 6) is 0.653. The topological polar surface area (TPSA) is 69.4 Å². The summed E-state index contributed by atoms with van der Waals surface area (Å²) in [7, 11) is -3.52. The smallest absolute Gasteiger partial charge is 0.186 e. The van der Waals surface area contributed by atoms with Crippen molar-refractivity contribution >= 4 is 9.84 Å². The van der Waals surface area contributed by atoms with Crippen molar-refractivity contribution in [3.8, 4) is 5.75 Å². The molecule has 4 nitrogen and oxygen atoms in total. The molecule has 0 bridgehead atoms. The van der Waals surface area contributed by atoms with Gasteiger partial charge in [0.1, 0.15) is 11.0 Å². The van der Waals surface area contributed by atoms with Crippen LogP contribution in [-0.4, -0.2) is 21.6 Å². The molecule has 2 aromatic carbocycles. The molecule has 0 radical (unpaired) electrons. The molecule has 1 atom stereocenters. The van der Waals surface area contributed by atoms with Crippen LogP contribution in [0.25, 0.3) is 0 Å². The minimum Gasteiger partial charge on any atom is -0.494 e.